The topological polar surface area (TPSA) is 70.3 Å². The lowest BCUT2D eigenvalue weighted by Crippen LogP contribution is -2.00. The Kier molecular flexibility index (Phi) is 4.97. The first kappa shape index (κ1) is 15.8. The molecular weight excluding hydrogens is 346 g/mol. The lowest BCUT2D eigenvalue weighted by atomic mass is 10.0. The number of benzene rings is 2. The number of hydrogen-bond donors (Lipinski definition) is 1. The van der Waals surface area contributed by atoms with Gasteiger partial charge in [-0.25, -0.2) is 4.79 Å². The van der Waals surface area contributed by atoms with Crippen molar-refractivity contribution in [2.75, 3.05) is 7.11 Å². The van der Waals surface area contributed by atoms with Gasteiger partial charge in [-0.3, -0.25) is 0 Å². The van der Waals surface area contributed by atoms with Crippen molar-refractivity contribution in [1.29, 1.82) is 5.26 Å². The van der Waals surface area contributed by atoms with Crippen LogP contribution in [0.3, 0.4) is 0 Å². The van der Waals surface area contributed by atoms with Crippen LogP contribution in [0.2, 0.25) is 0 Å². The summed E-state index contributed by atoms with van der Waals surface area (Å²) in [5.41, 5.74) is 1.90. The number of rotatable bonds is 4. The highest BCUT2D eigenvalue weighted by Gasteiger charge is 2.11. The van der Waals surface area contributed by atoms with Crippen LogP contribution in [0, 0.1) is 11.3 Å². The normalized spacial score (nSPS) is 10.9. The number of nitriles is 1. The molecule has 0 spiro atoms. The van der Waals surface area contributed by atoms with Crippen LogP contribution in [0.25, 0.3) is 11.6 Å². The lowest BCUT2D eigenvalue weighted by Gasteiger charge is -2.06. The van der Waals surface area contributed by atoms with Gasteiger partial charge in [-0.15, -0.1) is 0 Å². The Morgan fingerprint density at radius 1 is 1.27 bits per heavy atom. The predicted octanol–water partition coefficient (Wildman–Crippen LogP) is 4.22. The molecule has 4 nitrogen and oxygen atoms in total. The molecule has 0 unspecified atom stereocenters. The van der Waals surface area contributed by atoms with E-state index in [9.17, 15) is 15.2 Å². The average Bonchev–Trinajstić information content (AvgIpc) is 2.53. The van der Waals surface area contributed by atoms with E-state index in [1.165, 1.54) is 13.2 Å². The van der Waals surface area contributed by atoms with Crippen molar-refractivity contribution >= 4 is 33.5 Å². The zero-order chi connectivity index (χ0) is 16.1. The summed E-state index contributed by atoms with van der Waals surface area (Å²) in [5.74, 6) is -0.791. The standard InChI is InChI=1S/C17H12BrNO3/c1-22-16-7-2-11(9-15(16)17(20)21)8-13(10-19)12-3-5-14(18)6-4-12/h2-9H,1H3,(H,20,21). The van der Waals surface area contributed by atoms with Gasteiger partial charge in [-0.1, -0.05) is 34.1 Å². The van der Waals surface area contributed by atoms with Crippen molar-refractivity contribution in [3.8, 4) is 11.8 Å². The highest BCUT2D eigenvalue weighted by molar-refractivity contribution is 9.10. The molecule has 2 aromatic carbocycles. The maximum Gasteiger partial charge on any atom is 0.339 e. The molecule has 5 heteroatoms. The van der Waals surface area contributed by atoms with Crippen LogP contribution in [0.1, 0.15) is 21.5 Å². The molecule has 0 aliphatic rings. The van der Waals surface area contributed by atoms with Gasteiger partial charge in [-0.2, -0.15) is 5.26 Å². The Bertz CT molecular complexity index is 773. The summed E-state index contributed by atoms with van der Waals surface area (Å²) in [6.07, 6.45) is 1.65. The van der Waals surface area contributed by atoms with Gasteiger partial charge >= 0.3 is 5.97 Å². The molecule has 0 fully saturated rings. The van der Waals surface area contributed by atoms with Gasteiger partial charge in [0.25, 0.3) is 0 Å². The number of carbonyl (C=O) groups is 1. The molecule has 2 aromatic rings. The third-order valence-corrected chi connectivity index (χ3v) is 3.57. The Morgan fingerprint density at radius 2 is 1.95 bits per heavy atom. The van der Waals surface area contributed by atoms with Gasteiger partial charge in [-0.05, 0) is 41.5 Å². The molecule has 0 saturated carbocycles. The summed E-state index contributed by atoms with van der Waals surface area (Å²) < 4.78 is 5.94. The quantitative estimate of drug-likeness (QED) is 0.656. The fourth-order valence-electron chi connectivity index (χ4n) is 1.96. The van der Waals surface area contributed by atoms with Gasteiger partial charge in [0.05, 0.1) is 18.8 Å². The Morgan fingerprint density at radius 3 is 2.50 bits per heavy atom. The van der Waals surface area contributed by atoms with Crippen LogP contribution in [0.5, 0.6) is 5.75 Å². The van der Waals surface area contributed by atoms with E-state index in [4.69, 9.17) is 4.74 Å². The second-order valence-electron chi connectivity index (χ2n) is 4.44. The molecule has 0 amide bonds. The molecule has 0 bridgehead atoms. The van der Waals surface area contributed by atoms with Gasteiger partial charge in [0.15, 0.2) is 0 Å². The van der Waals surface area contributed by atoms with Crippen LogP contribution in [-0.2, 0) is 0 Å². The Labute approximate surface area is 136 Å². The fraction of sp³-hybridized carbons (Fsp3) is 0.0588. The van der Waals surface area contributed by atoms with E-state index in [0.717, 1.165) is 10.0 Å². The van der Waals surface area contributed by atoms with Crippen molar-refractivity contribution in [3.63, 3.8) is 0 Å². The van der Waals surface area contributed by atoms with Crippen molar-refractivity contribution in [3.05, 3.63) is 63.6 Å². The van der Waals surface area contributed by atoms with Crippen molar-refractivity contribution in [1.82, 2.24) is 0 Å². The molecule has 0 radical (unpaired) electrons. The van der Waals surface area contributed by atoms with E-state index < -0.39 is 5.97 Å². The fourth-order valence-corrected chi connectivity index (χ4v) is 2.22. The van der Waals surface area contributed by atoms with Crippen LogP contribution in [0.15, 0.2) is 46.9 Å². The highest BCUT2D eigenvalue weighted by Crippen LogP contribution is 2.24. The molecule has 110 valence electrons. The second-order valence-corrected chi connectivity index (χ2v) is 5.36. The van der Waals surface area contributed by atoms with Gasteiger partial charge in [0.2, 0.25) is 0 Å². The van der Waals surface area contributed by atoms with E-state index in [1.807, 2.05) is 24.3 Å². The number of carboxylic acid groups (broad SMARTS) is 1. The molecule has 22 heavy (non-hydrogen) atoms. The zero-order valence-electron chi connectivity index (χ0n) is 11.7. The first-order chi connectivity index (χ1) is 10.5. The highest BCUT2D eigenvalue weighted by atomic mass is 79.9. The summed E-state index contributed by atoms with van der Waals surface area (Å²) in [5, 5.41) is 18.5. The maximum atomic E-state index is 11.2. The van der Waals surface area contributed by atoms with Gasteiger partial charge in [0.1, 0.15) is 11.3 Å². The summed E-state index contributed by atoms with van der Waals surface area (Å²) in [6.45, 7) is 0. The van der Waals surface area contributed by atoms with E-state index in [1.54, 1.807) is 18.2 Å². The van der Waals surface area contributed by atoms with Crippen LogP contribution in [0.4, 0.5) is 0 Å². The minimum absolute atomic E-state index is 0.0596. The second kappa shape index (κ2) is 6.92. The first-order valence-electron chi connectivity index (χ1n) is 6.34. The van der Waals surface area contributed by atoms with E-state index in [2.05, 4.69) is 22.0 Å². The first-order valence-corrected chi connectivity index (χ1v) is 7.13. The molecule has 0 aromatic heterocycles. The smallest absolute Gasteiger partial charge is 0.339 e. The Hall–Kier alpha value is -2.58. The minimum Gasteiger partial charge on any atom is -0.496 e. The lowest BCUT2D eigenvalue weighted by molar-refractivity contribution is 0.0693. The zero-order valence-corrected chi connectivity index (χ0v) is 13.3. The monoisotopic (exact) mass is 357 g/mol. The third kappa shape index (κ3) is 3.54. The van der Waals surface area contributed by atoms with Crippen molar-refractivity contribution < 1.29 is 14.6 Å². The van der Waals surface area contributed by atoms with Gasteiger partial charge in [0, 0.05) is 4.47 Å². The number of halogens is 1. The van der Waals surface area contributed by atoms with Crippen LogP contribution < -0.4 is 4.74 Å². The third-order valence-electron chi connectivity index (χ3n) is 3.04. The molecule has 0 saturated heterocycles. The molecule has 0 aliphatic heterocycles. The summed E-state index contributed by atoms with van der Waals surface area (Å²) in [4.78, 5) is 11.2. The molecule has 0 heterocycles. The maximum absolute atomic E-state index is 11.2. The Balaban J connectivity index is 2.46. The molecule has 0 aliphatic carbocycles. The molecule has 1 N–H and O–H groups in total. The molecule has 0 atom stereocenters. The van der Waals surface area contributed by atoms with Crippen molar-refractivity contribution in [2.24, 2.45) is 0 Å². The van der Waals surface area contributed by atoms with Crippen LogP contribution >= 0.6 is 15.9 Å². The number of ether oxygens (including phenoxy) is 1. The van der Waals surface area contributed by atoms with Crippen molar-refractivity contribution in [2.45, 2.75) is 0 Å². The number of aromatic carboxylic acids is 1. The van der Waals surface area contributed by atoms with E-state index in [0.29, 0.717) is 11.1 Å². The average molecular weight is 358 g/mol. The van der Waals surface area contributed by atoms with Crippen LogP contribution in [-0.4, -0.2) is 18.2 Å². The van der Waals surface area contributed by atoms with E-state index >= 15 is 0 Å². The summed E-state index contributed by atoms with van der Waals surface area (Å²) in [6, 6.07) is 14.2. The molecule has 2 rings (SSSR count). The van der Waals surface area contributed by atoms with E-state index in [-0.39, 0.29) is 11.3 Å². The number of carboxylic acids is 1. The molecular formula is C17H12BrNO3. The number of nitrogens with zero attached hydrogens (tertiary/aromatic N) is 1. The number of methoxy groups -OCH3 is 1. The summed E-state index contributed by atoms with van der Waals surface area (Å²) in [7, 11) is 1.42. The number of hydrogen-bond acceptors (Lipinski definition) is 3. The SMILES string of the molecule is COc1ccc(C=C(C#N)c2ccc(Br)cc2)cc1C(=O)O. The predicted molar refractivity (Wildman–Crippen MR) is 87.6 cm³/mol. The largest absolute Gasteiger partial charge is 0.496 e. The number of allylic oxidation sites excluding steroid dienone is 1. The minimum atomic E-state index is -1.07. The summed E-state index contributed by atoms with van der Waals surface area (Å²) >= 11 is 3.34. The van der Waals surface area contributed by atoms with Gasteiger partial charge < -0.3 is 9.84 Å².